The summed E-state index contributed by atoms with van der Waals surface area (Å²) in [5.41, 5.74) is 5.54. The number of hydrogen-bond donors (Lipinski definition) is 0. The van der Waals surface area contributed by atoms with E-state index in [2.05, 4.69) is 31.2 Å². The fraction of sp³-hybridized carbons (Fsp3) is 0.105. The largest absolute Gasteiger partial charge is 0.405 e. The molecule has 3 nitrogen and oxygen atoms in total. The highest BCUT2D eigenvalue weighted by Crippen LogP contribution is 2.25. The van der Waals surface area contributed by atoms with Crippen molar-refractivity contribution in [1.82, 2.24) is 4.40 Å². The average molecular weight is 289 g/mol. The third-order valence-corrected chi connectivity index (χ3v) is 4.08. The third-order valence-electron chi connectivity index (χ3n) is 4.08. The summed E-state index contributed by atoms with van der Waals surface area (Å²) < 4.78 is 7.38. The van der Waals surface area contributed by atoms with Crippen molar-refractivity contribution < 1.29 is 4.42 Å². The van der Waals surface area contributed by atoms with Crippen molar-refractivity contribution >= 4 is 16.6 Å². The van der Waals surface area contributed by atoms with Crippen LogP contribution in [0.15, 0.2) is 63.8 Å². The van der Waals surface area contributed by atoms with Gasteiger partial charge in [0.2, 0.25) is 5.71 Å². The van der Waals surface area contributed by atoms with E-state index in [1.165, 1.54) is 5.56 Å². The van der Waals surface area contributed by atoms with Gasteiger partial charge < -0.3 is 4.42 Å². The summed E-state index contributed by atoms with van der Waals surface area (Å²) in [6, 6.07) is 18.0. The van der Waals surface area contributed by atoms with E-state index in [1.807, 2.05) is 41.7 Å². The summed E-state index contributed by atoms with van der Waals surface area (Å²) in [5.74, 6) is 0. The van der Waals surface area contributed by atoms with Crippen molar-refractivity contribution in [2.24, 2.45) is 0 Å². The molecule has 2 aromatic heterocycles. The number of aryl methyl sites for hydroxylation is 2. The van der Waals surface area contributed by atoms with Crippen molar-refractivity contribution in [3.8, 4) is 11.1 Å². The van der Waals surface area contributed by atoms with Crippen LogP contribution in [0.5, 0.6) is 0 Å². The topological polar surface area (TPSA) is 34.6 Å². The van der Waals surface area contributed by atoms with E-state index in [0.717, 1.165) is 22.3 Å². The van der Waals surface area contributed by atoms with Gasteiger partial charge in [0.05, 0.1) is 10.9 Å². The molecule has 0 spiro atoms. The number of rotatable bonds is 1. The van der Waals surface area contributed by atoms with Crippen LogP contribution in [-0.2, 0) is 0 Å². The summed E-state index contributed by atoms with van der Waals surface area (Å²) in [6.45, 7) is 4.06. The molecule has 0 N–H and O–H groups in total. The fourth-order valence-electron chi connectivity index (χ4n) is 2.87. The van der Waals surface area contributed by atoms with Crippen molar-refractivity contribution in [3.63, 3.8) is 0 Å². The Labute approximate surface area is 127 Å². The van der Waals surface area contributed by atoms with E-state index in [9.17, 15) is 4.79 Å². The first kappa shape index (κ1) is 12.9. The molecule has 2 aromatic carbocycles. The van der Waals surface area contributed by atoms with Crippen molar-refractivity contribution in [3.05, 3.63) is 76.3 Å². The highest BCUT2D eigenvalue weighted by molar-refractivity contribution is 5.85. The van der Waals surface area contributed by atoms with Crippen LogP contribution in [-0.4, -0.2) is 4.40 Å². The minimum absolute atomic E-state index is 0.297. The number of fused-ring (bicyclic) bond motifs is 3. The molecule has 0 aliphatic heterocycles. The van der Waals surface area contributed by atoms with E-state index in [1.54, 1.807) is 0 Å². The number of benzene rings is 2. The maximum absolute atomic E-state index is 12.3. The molecule has 0 aliphatic carbocycles. The summed E-state index contributed by atoms with van der Waals surface area (Å²) >= 11 is 0. The van der Waals surface area contributed by atoms with Crippen LogP contribution in [0.3, 0.4) is 0 Å². The Morgan fingerprint density at radius 1 is 0.864 bits per heavy atom. The van der Waals surface area contributed by atoms with E-state index in [-0.39, 0.29) is 5.63 Å². The zero-order valence-electron chi connectivity index (χ0n) is 12.5. The first-order valence-electron chi connectivity index (χ1n) is 7.25. The quantitative estimate of drug-likeness (QED) is 0.522. The Morgan fingerprint density at radius 2 is 1.59 bits per heavy atom. The van der Waals surface area contributed by atoms with E-state index in [4.69, 9.17) is 4.42 Å². The molecule has 0 bridgehead atoms. The lowest BCUT2D eigenvalue weighted by Crippen LogP contribution is -2.04. The van der Waals surface area contributed by atoms with Gasteiger partial charge in [-0.15, -0.1) is 0 Å². The molecule has 0 saturated heterocycles. The molecule has 4 aromatic rings. The Hall–Kier alpha value is -2.81. The maximum atomic E-state index is 12.3. The van der Waals surface area contributed by atoms with Crippen molar-refractivity contribution in [2.75, 3.05) is 0 Å². The highest BCUT2D eigenvalue weighted by atomic mass is 16.4. The third kappa shape index (κ3) is 1.86. The summed E-state index contributed by atoms with van der Waals surface area (Å²) in [4.78, 5) is 12.3. The van der Waals surface area contributed by atoms with Gasteiger partial charge in [0.15, 0.2) is 0 Å². The first-order chi connectivity index (χ1) is 10.6. The lowest BCUT2D eigenvalue weighted by Gasteiger charge is -2.07. The van der Waals surface area contributed by atoms with Gasteiger partial charge in [-0.1, -0.05) is 35.9 Å². The van der Waals surface area contributed by atoms with Gasteiger partial charge in [-0.3, -0.25) is 4.40 Å². The van der Waals surface area contributed by atoms with Gasteiger partial charge in [0.25, 0.3) is 0 Å². The summed E-state index contributed by atoms with van der Waals surface area (Å²) in [5, 5.41) is 0.602. The highest BCUT2D eigenvalue weighted by Gasteiger charge is 2.10. The minimum Gasteiger partial charge on any atom is -0.405 e. The zero-order valence-corrected chi connectivity index (χ0v) is 12.5. The average Bonchev–Trinajstić information content (AvgIpc) is 2.89. The predicted octanol–water partition coefficient (Wildman–Crippen LogP) is 4.33. The van der Waals surface area contributed by atoms with Gasteiger partial charge >= 0.3 is 5.63 Å². The van der Waals surface area contributed by atoms with Crippen molar-refractivity contribution in [1.29, 1.82) is 0 Å². The number of aromatic nitrogens is 1. The second-order valence-electron chi connectivity index (χ2n) is 5.64. The van der Waals surface area contributed by atoms with Gasteiger partial charge in [-0.05, 0) is 43.2 Å². The number of hydrogen-bond acceptors (Lipinski definition) is 2. The van der Waals surface area contributed by atoms with Crippen LogP contribution in [0.25, 0.3) is 27.7 Å². The molecule has 0 fully saturated rings. The molecule has 108 valence electrons. The summed E-state index contributed by atoms with van der Waals surface area (Å²) in [6.07, 6.45) is 0. The normalized spacial score (nSPS) is 11.4. The molecular weight excluding hydrogens is 274 g/mol. The molecule has 0 radical (unpaired) electrons. The van der Waals surface area contributed by atoms with Crippen molar-refractivity contribution in [2.45, 2.75) is 13.8 Å². The smallest absolute Gasteiger partial charge is 0.346 e. The second kappa shape index (κ2) is 4.60. The molecule has 3 heteroatoms. The van der Waals surface area contributed by atoms with E-state index in [0.29, 0.717) is 11.1 Å². The van der Waals surface area contributed by atoms with Gasteiger partial charge in [-0.2, -0.15) is 0 Å². The second-order valence-corrected chi connectivity index (χ2v) is 5.64. The van der Waals surface area contributed by atoms with Crippen LogP contribution in [0.4, 0.5) is 0 Å². The molecule has 2 heterocycles. The number of nitrogens with zero attached hydrogens (tertiary/aromatic N) is 1. The molecular formula is C19H15NO2. The predicted molar refractivity (Wildman–Crippen MR) is 88.3 cm³/mol. The van der Waals surface area contributed by atoms with Crippen LogP contribution in [0.2, 0.25) is 0 Å². The van der Waals surface area contributed by atoms with Gasteiger partial charge in [0, 0.05) is 11.8 Å². The Balaban J connectivity index is 2.03. The van der Waals surface area contributed by atoms with Crippen LogP contribution < -0.4 is 5.63 Å². The summed E-state index contributed by atoms with van der Waals surface area (Å²) in [7, 11) is 0. The monoisotopic (exact) mass is 289 g/mol. The Morgan fingerprint density at radius 3 is 2.36 bits per heavy atom. The van der Waals surface area contributed by atoms with Gasteiger partial charge in [0.1, 0.15) is 0 Å². The van der Waals surface area contributed by atoms with Crippen LogP contribution in [0, 0.1) is 13.8 Å². The molecule has 0 aliphatic rings. The lowest BCUT2D eigenvalue weighted by atomic mass is 10.0. The molecule has 0 atom stereocenters. The Bertz CT molecular complexity index is 1050. The van der Waals surface area contributed by atoms with E-state index < -0.39 is 0 Å². The standard InChI is InChI=1S/C19H15NO2/c1-12-3-6-14(7-4-12)15-8-9-17-16(11-15)19(21)22-18-10-5-13(2)20(17)18/h3-11H,1-2H3. The molecule has 0 unspecified atom stereocenters. The molecule has 0 saturated carbocycles. The molecule has 4 rings (SSSR count). The van der Waals surface area contributed by atoms with Gasteiger partial charge in [-0.25, -0.2) is 4.79 Å². The fourth-order valence-corrected chi connectivity index (χ4v) is 2.87. The first-order valence-corrected chi connectivity index (χ1v) is 7.25. The van der Waals surface area contributed by atoms with Crippen LogP contribution >= 0.6 is 0 Å². The SMILES string of the molecule is Cc1ccc(-c2ccc3c(c2)c(=O)oc2ccc(C)n23)cc1. The molecule has 22 heavy (non-hydrogen) atoms. The van der Waals surface area contributed by atoms with Crippen LogP contribution in [0.1, 0.15) is 11.3 Å². The zero-order chi connectivity index (χ0) is 15.3. The van der Waals surface area contributed by atoms with E-state index >= 15 is 0 Å². The maximum Gasteiger partial charge on any atom is 0.346 e. The molecule has 0 amide bonds. The Kier molecular flexibility index (Phi) is 2.70. The minimum atomic E-state index is -0.297. The lowest BCUT2D eigenvalue weighted by molar-refractivity contribution is 0.548.